The van der Waals surface area contributed by atoms with Crippen LogP contribution in [0.2, 0.25) is 0 Å². The van der Waals surface area contributed by atoms with E-state index in [0.717, 1.165) is 35.6 Å². The second-order valence-electron chi connectivity index (χ2n) is 4.62. The fourth-order valence-corrected chi connectivity index (χ4v) is 2.26. The van der Waals surface area contributed by atoms with Crippen molar-refractivity contribution in [2.24, 2.45) is 0 Å². The van der Waals surface area contributed by atoms with Crippen LogP contribution in [0.4, 0.5) is 5.82 Å². The Morgan fingerprint density at radius 3 is 2.78 bits per heavy atom. The van der Waals surface area contributed by atoms with E-state index in [1.54, 1.807) is 6.20 Å². The van der Waals surface area contributed by atoms with Gasteiger partial charge in [-0.05, 0) is 43.0 Å². The van der Waals surface area contributed by atoms with Gasteiger partial charge in [-0.2, -0.15) is 0 Å². The van der Waals surface area contributed by atoms with Crippen LogP contribution in [0.5, 0.6) is 0 Å². The van der Waals surface area contributed by atoms with Gasteiger partial charge in [0.05, 0.1) is 0 Å². The molecule has 0 aliphatic rings. The molecule has 18 heavy (non-hydrogen) atoms. The standard InChI is InChI=1S/C12H18BrN5/c1-16(2)6-4-7-17(3)12-11-14-5-8-18(11)9-10(13)15-12/h5,8-9H,4,6-7H2,1-3H3. The van der Waals surface area contributed by atoms with E-state index in [1.165, 1.54) is 0 Å². The van der Waals surface area contributed by atoms with Gasteiger partial charge in [-0.25, -0.2) is 9.97 Å². The van der Waals surface area contributed by atoms with Crippen LogP contribution >= 0.6 is 15.9 Å². The van der Waals surface area contributed by atoms with E-state index in [0.29, 0.717) is 0 Å². The van der Waals surface area contributed by atoms with Crippen molar-refractivity contribution in [1.29, 1.82) is 0 Å². The van der Waals surface area contributed by atoms with Crippen LogP contribution in [0.25, 0.3) is 5.65 Å². The molecule has 0 aromatic carbocycles. The fraction of sp³-hybridized carbons (Fsp3) is 0.500. The summed E-state index contributed by atoms with van der Waals surface area (Å²) in [5.41, 5.74) is 0.894. The highest BCUT2D eigenvalue weighted by Crippen LogP contribution is 2.19. The number of hydrogen-bond donors (Lipinski definition) is 0. The Kier molecular flexibility index (Phi) is 4.19. The van der Waals surface area contributed by atoms with Gasteiger partial charge in [-0.3, -0.25) is 0 Å². The molecule has 2 heterocycles. The van der Waals surface area contributed by atoms with Crippen LogP contribution in [0, 0.1) is 0 Å². The summed E-state index contributed by atoms with van der Waals surface area (Å²) in [5.74, 6) is 0.910. The second kappa shape index (κ2) is 5.67. The molecule has 0 bridgehead atoms. The summed E-state index contributed by atoms with van der Waals surface area (Å²) < 4.78 is 2.80. The minimum absolute atomic E-state index is 0.822. The third-order valence-corrected chi connectivity index (χ3v) is 3.17. The molecular formula is C12H18BrN5. The molecule has 0 radical (unpaired) electrons. The van der Waals surface area contributed by atoms with Crippen molar-refractivity contribution in [1.82, 2.24) is 19.3 Å². The zero-order valence-corrected chi connectivity index (χ0v) is 12.6. The monoisotopic (exact) mass is 311 g/mol. The van der Waals surface area contributed by atoms with Crippen molar-refractivity contribution in [2.75, 3.05) is 39.1 Å². The SMILES string of the molecule is CN(C)CCCN(C)c1nc(Br)cn2ccnc12. The van der Waals surface area contributed by atoms with E-state index in [9.17, 15) is 0 Å². The summed E-state index contributed by atoms with van der Waals surface area (Å²) >= 11 is 3.43. The van der Waals surface area contributed by atoms with Gasteiger partial charge < -0.3 is 14.2 Å². The van der Waals surface area contributed by atoms with E-state index >= 15 is 0 Å². The third-order valence-electron chi connectivity index (χ3n) is 2.79. The van der Waals surface area contributed by atoms with Crippen LogP contribution in [-0.4, -0.2) is 53.5 Å². The van der Waals surface area contributed by atoms with Gasteiger partial charge >= 0.3 is 0 Å². The van der Waals surface area contributed by atoms with Crippen LogP contribution in [0.15, 0.2) is 23.2 Å². The van der Waals surface area contributed by atoms with Gasteiger partial charge in [0.25, 0.3) is 0 Å². The van der Waals surface area contributed by atoms with Gasteiger partial charge in [-0.1, -0.05) is 0 Å². The summed E-state index contributed by atoms with van der Waals surface area (Å²) in [7, 11) is 6.23. The summed E-state index contributed by atoms with van der Waals surface area (Å²) in [6, 6.07) is 0. The lowest BCUT2D eigenvalue weighted by Crippen LogP contribution is -2.24. The van der Waals surface area contributed by atoms with Crippen LogP contribution in [-0.2, 0) is 0 Å². The van der Waals surface area contributed by atoms with E-state index in [4.69, 9.17) is 0 Å². The third kappa shape index (κ3) is 3.00. The van der Waals surface area contributed by atoms with E-state index in [2.05, 4.69) is 56.8 Å². The van der Waals surface area contributed by atoms with Crippen molar-refractivity contribution in [2.45, 2.75) is 6.42 Å². The lowest BCUT2D eigenvalue weighted by Gasteiger charge is -2.20. The van der Waals surface area contributed by atoms with Gasteiger partial charge in [0.2, 0.25) is 0 Å². The maximum Gasteiger partial charge on any atom is 0.180 e. The summed E-state index contributed by atoms with van der Waals surface area (Å²) in [5, 5.41) is 0. The van der Waals surface area contributed by atoms with E-state index < -0.39 is 0 Å². The average molecular weight is 312 g/mol. The summed E-state index contributed by atoms with van der Waals surface area (Å²) in [6.07, 6.45) is 6.74. The molecule has 0 fully saturated rings. The molecule has 0 saturated heterocycles. The normalized spacial score (nSPS) is 11.4. The molecule has 0 N–H and O–H groups in total. The second-order valence-corrected chi connectivity index (χ2v) is 5.44. The lowest BCUT2D eigenvalue weighted by atomic mass is 10.3. The summed E-state index contributed by atoms with van der Waals surface area (Å²) in [4.78, 5) is 13.2. The molecule has 2 aromatic heterocycles. The first-order valence-electron chi connectivity index (χ1n) is 5.93. The first-order valence-corrected chi connectivity index (χ1v) is 6.72. The molecule has 0 aliphatic carbocycles. The predicted molar refractivity (Wildman–Crippen MR) is 77.1 cm³/mol. The van der Waals surface area contributed by atoms with Crippen molar-refractivity contribution < 1.29 is 0 Å². The molecule has 0 atom stereocenters. The van der Waals surface area contributed by atoms with Crippen LogP contribution < -0.4 is 4.90 Å². The minimum atomic E-state index is 0.822. The molecule has 98 valence electrons. The Morgan fingerprint density at radius 1 is 1.28 bits per heavy atom. The largest absolute Gasteiger partial charge is 0.357 e. The molecule has 2 aromatic rings. The van der Waals surface area contributed by atoms with Crippen molar-refractivity contribution >= 4 is 27.4 Å². The molecule has 5 nitrogen and oxygen atoms in total. The molecule has 0 aliphatic heterocycles. The van der Waals surface area contributed by atoms with E-state index in [-0.39, 0.29) is 0 Å². The van der Waals surface area contributed by atoms with Gasteiger partial charge in [0.15, 0.2) is 11.5 Å². The maximum atomic E-state index is 4.52. The van der Waals surface area contributed by atoms with Crippen molar-refractivity contribution in [3.05, 3.63) is 23.2 Å². The highest BCUT2D eigenvalue weighted by Gasteiger charge is 2.10. The number of aromatic nitrogens is 3. The molecular weight excluding hydrogens is 294 g/mol. The Bertz CT molecular complexity index is 522. The summed E-state index contributed by atoms with van der Waals surface area (Å²) in [6.45, 7) is 2.03. The Morgan fingerprint density at radius 2 is 2.06 bits per heavy atom. The number of imidazole rings is 1. The smallest absolute Gasteiger partial charge is 0.180 e. The lowest BCUT2D eigenvalue weighted by molar-refractivity contribution is 0.401. The number of nitrogens with zero attached hydrogens (tertiary/aromatic N) is 5. The first-order chi connectivity index (χ1) is 8.58. The number of anilines is 1. The molecule has 2 rings (SSSR count). The number of hydrogen-bond acceptors (Lipinski definition) is 4. The molecule has 0 spiro atoms. The van der Waals surface area contributed by atoms with Gasteiger partial charge in [0.1, 0.15) is 4.60 Å². The van der Waals surface area contributed by atoms with Crippen LogP contribution in [0.1, 0.15) is 6.42 Å². The van der Waals surface area contributed by atoms with Crippen molar-refractivity contribution in [3.63, 3.8) is 0 Å². The number of fused-ring (bicyclic) bond motifs is 1. The Hall–Kier alpha value is -1.14. The molecule has 0 unspecified atom stereocenters. The molecule has 0 saturated carbocycles. The predicted octanol–water partition coefficient (Wildman–Crippen LogP) is 1.88. The average Bonchev–Trinajstić information content (AvgIpc) is 2.74. The van der Waals surface area contributed by atoms with Crippen LogP contribution in [0.3, 0.4) is 0 Å². The highest BCUT2D eigenvalue weighted by molar-refractivity contribution is 9.10. The topological polar surface area (TPSA) is 36.7 Å². The maximum absolute atomic E-state index is 4.52. The van der Waals surface area contributed by atoms with Crippen molar-refractivity contribution in [3.8, 4) is 0 Å². The van der Waals surface area contributed by atoms with Gasteiger partial charge in [0, 0.05) is 32.2 Å². The zero-order chi connectivity index (χ0) is 13.1. The fourth-order valence-electron chi connectivity index (χ4n) is 1.87. The Labute approximate surface area is 116 Å². The number of halogens is 1. The quantitative estimate of drug-likeness (QED) is 0.845. The molecule has 6 heteroatoms. The minimum Gasteiger partial charge on any atom is -0.357 e. The zero-order valence-electron chi connectivity index (χ0n) is 11.0. The van der Waals surface area contributed by atoms with Gasteiger partial charge in [-0.15, -0.1) is 0 Å². The van der Waals surface area contributed by atoms with E-state index in [1.807, 2.05) is 16.8 Å². The highest BCUT2D eigenvalue weighted by atomic mass is 79.9. The number of rotatable bonds is 5. The molecule has 0 amide bonds. The first kappa shape index (κ1) is 13.3. The Balaban J connectivity index is 2.16.